The molecule has 78 valence electrons. The fourth-order valence-electron chi connectivity index (χ4n) is 1.31. The second-order valence-corrected chi connectivity index (χ2v) is 3.20. The predicted octanol–water partition coefficient (Wildman–Crippen LogP) is 1.17. The zero-order valence-corrected chi connectivity index (χ0v) is 8.64. The Morgan fingerprint density at radius 3 is 2.80 bits per heavy atom. The highest BCUT2D eigenvalue weighted by Crippen LogP contribution is 2.21. The highest BCUT2D eigenvalue weighted by atomic mass is 16.5. The maximum Gasteiger partial charge on any atom is 0.166 e. The van der Waals surface area contributed by atoms with Crippen LogP contribution in [-0.2, 0) is 0 Å². The first-order chi connectivity index (χ1) is 7.20. The van der Waals surface area contributed by atoms with Gasteiger partial charge < -0.3 is 15.0 Å². The number of rotatable bonds is 2. The normalized spacial score (nSPS) is 10.3. The summed E-state index contributed by atoms with van der Waals surface area (Å²) in [6.07, 6.45) is 5.31. The third-order valence-corrected chi connectivity index (χ3v) is 2.10. The van der Waals surface area contributed by atoms with Gasteiger partial charge in [0, 0.05) is 12.3 Å². The van der Waals surface area contributed by atoms with E-state index in [0.29, 0.717) is 11.6 Å². The molecule has 15 heavy (non-hydrogen) atoms. The number of hydrogen-bond acceptors (Lipinski definition) is 4. The summed E-state index contributed by atoms with van der Waals surface area (Å²) in [6.45, 7) is 1.93. The van der Waals surface area contributed by atoms with Crippen molar-refractivity contribution in [2.45, 2.75) is 6.92 Å². The molecule has 0 fully saturated rings. The van der Waals surface area contributed by atoms with Crippen LogP contribution in [-0.4, -0.2) is 21.6 Å². The number of methoxy groups -OCH3 is 1. The van der Waals surface area contributed by atoms with E-state index in [2.05, 4.69) is 9.97 Å². The van der Waals surface area contributed by atoms with Crippen molar-refractivity contribution in [3.63, 3.8) is 0 Å². The first kappa shape index (κ1) is 9.51. The molecule has 0 radical (unpaired) electrons. The maximum atomic E-state index is 5.62. The number of hydrogen-bond donors (Lipinski definition) is 1. The van der Waals surface area contributed by atoms with E-state index in [1.807, 2.05) is 23.8 Å². The lowest BCUT2D eigenvalue weighted by Crippen LogP contribution is -1.98. The Morgan fingerprint density at radius 2 is 2.20 bits per heavy atom. The van der Waals surface area contributed by atoms with Crippen LogP contribution in [0.25, 0.3) is 5.69 Å². The van der Waals surface area contributed by atoms with Gasteiger partial charge in [0.25, 0.3) is 0 Å². The first-order valence-corrected chi connectivity index (χ1v) is 4.51. The van der Waals surface area contributed by atoms with Crippen molar-refractivity contribution in [2.24, 2.45) is 0 Å². The molecule has 0 saturated heterocycles. The average Bonchev–Trinajstić information content (AvgIpc) is 2.66. The number of ether oxygens (including phenoxy) is 1. The standard InChI is InChI=1S/C10H12N4O/c1-7-5-14(6-13-7)8-3-9(15-2)10(11)12-4-8/h3-6H,1-2H3,(H2,11,12). The van der Waals surface area contributed by atoms with Gasteiger partial charge in [-0.3, -0.25) is 0 Å². The van der Waals surface area contributed by atoms with E-state index in [1.54, 1.807) is 19.6 Å². The summed E-state index contributed by atoms with van der Waals surface area (Å²) in [7, 11) is 1.57. The van der Waals surface area contributed by atoms with Gasteiger partial charge in [0.15, 0.2) is 11.6 Å². The molecule has 0 aliphatic heterocycles. The van der Waals surface area contributed by atoms with Crippen LogP contribution < -0.4 is 10.5 Å². The van der Waals surface area contributed by atoms with E-state index >= 15 is 0 Å². The fourth-order valence-corrected chi connectivity index (χ4v) is 1.31. The number of pyridine rings is 1. The smallest absolute Gasteiger partial charge is 0.166 e. The highest BCUT2D eigenvalue weighted by molar-refractivity contribution is 5.51. The van der Waals surface area contributed by atoms with Gasteiger partial charge >= 0.3 is 0 Å². The predicted molar refractivity (Wildman–Crippen MR) is 57.1 cm³/mol. The quantitative estimate of drug-likeness (QED) is 0.797. The molecule has 2 aromatic rings. The maximum absolute atomic E-state index is 5.62. The molecule has 0 atom stereocenters. The van der Waals surface area contributed by atoms with E-state index in [9.17, 15) is 0 Å². The number of nitrogens with zero attached hydrogens (tertiary/aromatic N) is 3. The summed E-state index contributed by atoms with van der Waals surface area (Å²) in [5.41, 5.74) is 7.45. The second kappa shape index (κ2) is 3.61. The van der Waals surface area contributed by atoms with Crippen molar-refractivity contribution in [1.82, 2.24) is 14.5 Å². The number of imidazole rings is 1. The van der Waals surface area contributed by atoms with Gasteiger partial charge in [-0.2, -0.15) is 0 Å². The molecular weight excluding hydrogens is 192 g/mol. The minimum Gasteiger partial charge on any atom is -0.493 e. The van der Waals surface area contributed by atoms with Gasteiger partial charge in [0.2, 0.25) is 0 Å². The number of aromatic nitrogens is 3. The van der Waals surface area contributed by atoms with E-state index < -0.39 is 0 Å². The van der Waals surface area contributed by atoms with Crippen molar-refractivity contribution < 1.29 is 4.74 Å². The molecule has 2 N–H and O–H groups in total. The van der Waals surface area contributed by atoms with Crippen molar-refractivity contribution in [3.05, 3.63) is 30.5 Å². The molecular formula is C10H12N4O. The van der Waals surface area contributed by atoms with E-state index in [4.69, 9.17) is 10.5 Å². The molecule has 0 amide bonds. The third-order valence-electron chi connectivity index (χ3n) is 2.10. The van der Waals surface area contributed by atoms with Crippen molar-refractivity contribution in [3.8, 4) is 11.4 Å². The van der Waals surface area contributed by atoms with E-state index in [0.717, 1.165) is 11.4 Å². The van der Waals surface area contributed by atoms with Crippen LogP contribution in [0.1, 0.15) is 5.69 Å². The summed E-state index contributed by atoms with van der Waals surface area (Å²) in [5, 5.41) is 0. The second-order valence-electron chi connectivity index (χ2n) is 3.20. The van der Waals surface area contributed by atoms with Crippen LogP contribution in [0.4, 0.5) is 5.82 Å². The number of nitrogens with two attached hydrogens (primary N) is 1. The van der Waals surface area contributed by atoms with Gasteiger partial charge in [-0.25, -0.2) is 9.97 Å². The number of anilines is 1. The Hall–Kier alpha value is -2.04. The van der Waals surface area contributed by atoms with Crippen LogP contribution in [0, 0.1) is 6.92 Å². The Bertz CT molecular complexity index is 478. The Labute approximate surface area is 87.5 Å². The highest BCUT2D eigenvalue weighted by Gasteiger charge is 2.04. The van der Waals surface area contributed by atoms with Crippen molar-refractivity contribution in [1.29, 1.82) is 0 Å². The zero-order valence-electron chi connectivity index (χ0n) is 8.64. The van der Waals surface area contributed by atoms with E-state index in [-0.39, 0.29) is 0 Å². The van der Waals surface area contributed by atoms with Crippen LogP contribution in [0.15, 0.2) is 24.8 Å². The molecule has 2 heterocycles. The lowest BCUT2D eigenvalue weighted by atomic mass is 10.3. The summed E-state index contributed by atoms with van der Waals surface area (Å²) >= 11 is 0. The van der Waals surface area contributed by atoms with Gasteiger partial charge in [0.1, 0.15) is 0 Å². The molecule has 0 aliphatic carbocycles. The Balaban J connectivity index is 2.45. The van der Waals surface area contributed by atoms with Crippen LogP contribution in [0.3, 0.4) is 0 Å². The van der Waals surface area contributed by atoms with Gasteiger partial charge in [-0.15, -0.1) is 0 Å². The SMILES string of the molecule is COc1cc(-n2cnc(C)c2)cnc1N. The zero-order chi connectivity index (χ0) is 10.8. The molecule has 5 heteroatoms. The summed E-state index contributed by atoms with van der Waals surface area (Å²) < 4.78 is 6.96. The third kappa shape index (κ3) is 1.76. The topological polar surface area (TPSA) is 66.0 Å². The Morgan fingerprint density at radius 1 is 1.40 bits per heavy atom. The minimum absolute atomic E-state index is 0.387. The molecule has 0 spiro atoms. The summed E-state index contributed by atoms with van der Waals surface area (Å²) in [5.74, 6) is 0.956. The summed E-state index contributed by atoms with van der Waals surface area (Å²) in [6, 6.07) is 1.82. The molecule has 2 rings (SSSR count). The number of nitrogen functional groups attached to an aromatic ring is 1. The van der Waals surface area contributed by atoms with Gasteiger partial charge in [-0.1, -0.05) is 0 Å². The van der Waals surface area contributed by atoms with Crippen LogP contribution in [0.2, 0.25) is 0 Å². The fraction of sp³-hybridized carbons (Fsp3) is 0.200. The lowest BCUT2D eigenvalue weighted by molar-refractivity contribution is 0.415. The Kier molecular flexibility index (Phi) is 2.29. The van der Waals surface area contributed by atoms with Crippen molar-refractivity contribution in [2.75, 3.05) is 12.8 Å². The van der Waals surface area contributed by atoms with Crippen LogP contribution >= 0.6 is 0 Å². The minimum atomic E-state index is 0.387. The lowest BCUT2D eigenvalue weighted by Gasteiger charge is -2.06. The van der Waals surface area contributed by atoms with Gasteiger partial charge in [-0.05, 0) is 6.92 Å². The van der Waals surface area contributed by atoms with E-state index in [1.165, 1.54) is 0 Å². The molecule has 2 aromatic heterocycles. The molecule has 0 aromatic carbocycles. The molecule has 0 bridgehead atoms. The molecule has 0 unspecified atom stereocenters. The molecule has 0 saturated carbocycles. The summed E-state index contributed by atoms with van der Waals surface area (Å²) in [4.78, 5) is 8.17. The first-order valence-electron chi connectivity index (χ1n) is 4.51. The van der Waals surface area contributed by atoms with Crippen molar-refractivity contribution >= 4 is 5.82 Å². The molecule has 5 nitrogen and oxygen atoms in total. The number of aryl methyl sites for hydroxylation is 1. The largest absolute Gasteiger partial charge is 0.493 e. The monoisotopic (exact) mass is 204 g/mol. The van der Waals surface area contributed by atoms with Crippen LogP contribution in [0.5, 0.6) is 5.75 Å². The van der Waals surface area contributed by atoms with Gasteiger partial charge in [0.05, 0.1) is 31.0 Å². The molecule has 0 aliphatic rings. The average molecular weight is 204 g/mol.